The number of hydrogen-bond donors (Lipinski definition) is 1. The third kappa shape index (κ3) is 2.46. The lowest BCUT2D eigenvalue weighted by atomic mass is 9.69. The van der Waals surface area contributed by atoms with Crippen LogP contribution in [0.1, 0.15) is 34.3 Å². The van der Waals surface area contributed by atoms with Crippen molar-refractivity contribution in [1.82, 2.24) is 4.90 Å². The molecule has 0 aromatic heterocycles. The van der Waals surface area contributed by atoms with Crippen LogP contribution in [0.2, 0.25) is 0 Å². The largest absolute Gasteiger partial charge is 0.493 e. The summed E-state index contributed by atoms with van der Waals surface area (Å²) in [6, 6.07) is 13.4. The van der Waals surface area contributed by atoms with E-state index in [1.54, 1.807) is 7.11 Å². The zero-order chi connectivity index (χ0) is 19.3. The normalized spacial score (nSPS) is 27.4. The number of aliphatic hydroxyl groups is 1. The molecule has 28 heavy (non-hydrogen) atoms. The lowest BCUT2D eigenvalue weighted by molar-refractivity contribution is 0.0671. The Labute approximate surface area is 164 Å². The van der Waals surface area contributed by atoms with Gasteiger partial charge in [-0.05, 0) is 30.2 Å². The van der Waals surface area contributed by atoms with E-state index >= 15 is 0 Å². The summed E-state index contributed by atoms with van der Waals surface area (Å²) in [5.41, 5.74) is 2.57. The van der Waals surface area contributed by atoms with Crippen molar-refractivity contribution in [3.8, 4) is 11.5 Å². The molecule has 0 unspecified atom stereocenters. The first kappa shape index (κ1) is 17.3. The van der Waals surface area contributed by atoms with E-state index in [2.05, 4.69) is 6.08 Å². The van der Waals surface area contributed by atoms with Gasteiger partial charge in [0, 0.05) is 30.6 Å². The number of methoxy groups -OCH3 is 1. The first-order chi connectivity index (χ1) is 13.6. The first-order valence-electron chi connectivity index (χ1n) is 9.71. The van der Waals surface area contributed by atoms with Gasteiger partial charge in [0.15, 0.2) is 11.5 Å². The number of hydrogen-bond acceptors (Lipinski definition) is 4. The van der Waals surface area contributed by atoms with E-state index in [4.69, 9.17) is 9.47 Å². The third-order valence-electron chi connectivity index (χ3n) is 6.26. The van der Waals surface area contributed by atoms with Crippen molar-refractivity contribution in [2.75, 3.05) is 13.7 Å². The molecule has 1 amide bonds. The van der Waals surface area contributed by atoms with Gasteiger partial charge in [0.05, 0.1) is 18.6 Å². The quantitative estimate of drug-likeness (QED) is 0.818. The van der Waals surface area contributed by atoms with Gasteiger partial charge in [-0.15, -0.1) is 0 Å². The van der Waals surface area contributed by atoms with Crippen LogP contribution in [-0.4, -0.2) is 41.8 Å². The fourth-order valence-electron chi connectivity index (χ4n) is 4.87. The molecule has 5 nitrogen and oxygen atoms in total. The molecule has 144 valence electrons. The number of carbonyl (C=O) groups excluding carboxylic acids is 1. The summed E-state index contributed by atoms with van der Waals surface area (Å²) in [5, 5.41) is 10.2. The van der Waals surface area contributed by atoms with Gasteiger partial charge in [-0.3, -0.25) is 4.79 Å². The van der Waals surface area contributed by atoms with E-state index in [1.807, 2.05) is 53.4 Å². The van der Waals surface area contributed by atoms with E-state index in [0.717, 1.165) is 23.3 Å². The van der Waals surface area contributed by atoms with Crippen LogP contribution < -0.4 is 9.47 Å². The molecule has 0 saturated carbocycles. The maximum absolute atomic E-state index is 13.1. The zero-order valence-electron chi connectivity index (χ0n) is 15.8. The zero-order valence-corrected chi connectivity index (χ0v) is 15.8. The summed E-state index contributed by atoms with van der Waals surface area (Å²) in [6.07, 6.45) is 4.60. The van der Waals surface area contributed by atoms with Crippen LogP contribution in [0, 0.1) is 0 Å². The standard InChI is InChI=1S/C23H23NO4/c1-27-18-8-7-16-14-24(22(26)15-5-3-2-4-6-15)12-11-23-10-9-17(25)13-19(23)28-21(18)20(16)23/h2-10,17,19,25H,11-14H2,1H3/t17-,19+,23+/m1/s1. The maximum atomic E-state index is 13.1. The van der Waals surface area contributed by atoms with Crippen molar-refractivity contribution >= 4 is 5.91 Å². The summed E-state index contributed by atoms with van der Waals surface area (Å²) in [5.74, 6) is 1.51. The Morgan fingerprint density at radius 2 is 2.07 bits per heavy atom. The average Bonchev–Trinajstić information content (AvgIpc) is 2.96. The van der Waals surface area contributed by atoms with Crippen LogP contribution in [0.25, 0.3) is 0 Å². The number of rotatable bonds is 2. The second kappa shape index (κ2) is 6.38. The monoisotopic (exact) mass is 377 g/mol. The van der Waals surface area contributed by atoms with Gasteiger partial charge < -0.3 is 19.5 Å². The van der Waals surface area contributed by atoms with Crippen molar-refractivity contribution in [2.24, 2.45) is 0 Å². The highest BCUT2D eigenvalue weighted by molar-refractivity contribution is 5.94. The van der Waals surface area contributed by atoms with Crippen molar-refractivity contribution in [3.05, 3.63) is 71.3 Å². The Morgan fingerprint density at radius 3 is 2.86 bits per heavy atom. The number of amides is 1. The Bertz CT molecular complexity index is 955. The Hall–Kier alpha value is -2.79. The summed E-state index contributed by atoms with van der Waals surface area (Å²) < 4.78 is 11.9. The van der Waals surface area contributed by atoms with Crippen LogP contribution in [0.3, 0.4) is 0 Å². The lowest BCUT2D eigenvalue weighted by Crippen LogP contribution is -2.43. The minimum Gasteiger partial charge on any atom is -0.493 e. The van der Waals surface area contributed by atoms with Crippen molar-refractivity contribution < 1.29 is 19.4 Å². The molecule has 1 spiro atoms. The number of nitrogens with zero attached hydrogens (tertiary/aromatic N) is 1. The van der Waals surface area contributed by atoms with E-state index in [-0.39, 0.29) is 17.4 Å². The van der Waals surface area contributed by atoms with Gasteiger partial charge >= 0.3 is 0 Å². The van der Waals surface area contributed by atoms with Crippen molar-refractivity contribution in [2.45, 2.75) is 37.0 Å². The van der Waals surface area contributed by atoms with Crippen LogP contribution in [0.4, 0.5) is 0 Å². The van der Waals surface area contributed by atoms with Crippen molar-refractivity contribution in [1.29, 1.82) is 0 Å². The molecule has 0 fully saturated rings. The molecule has 1 aliphatic carbocycles. The van der Waals surface area contributed by atoms with Crippen LogP contribution >= 0.6 is 0 Å². The van der Waals surface area contributed by atoms with Crippen LogP contribution in [0.5, 0.6) is 11.5 Å². The molecule has 0 saturated heterocycles. The summed E-state index contributed by atoms with van der Waals surface area (Å²) in [7, 11) is 1.64. The molecule has 5 rings (SSSR count). The molecule has 2 aromatic rings. The predicted molar refractivity (Wildman–Crippen MR) is 105 cm³/mol. The molecular weight excluding hydrogens is 354 g/mol. The topological polar surface area (TPSA) is 59.0 Å². The van der Waals surface area contributed by atoms with Gasteiger partial charge in [0.2, 0.25) is 0 Å². The van der Waals surface area contributed by atoms with E-state index in [9.17, 15) is 9.90 Å². The fourth-order valence-corrected chi connectivity index (χ4v) is 4.87. The number of aliphatic hydroxyl groups excluding tert-OH is 1. The van der Waals surface area contributed by atoms with Gasteiger partial charge in [0.1, 0.15) is 6.10 Å². The number of ether oxygens (including phenoxy) is 2. The van der Waals surface area contributed by atoms with Gasteiger partial charge in [0.25, 0.3) is 5.91 Å². The minimum atomic E-state index is -0.510. The Morgan fingerprint density at radius 1 is 1.25 bits per heavy atom. The second-order valence-corrected chi connectivity index (χ2v) is 7.78. The molecule has 0 radical (unpaired) electrons. The molecular formula is C23H23NO4. The van der Waals surface area contributed by atoms with Crippen molar-refractivity contribution in [3.63, 3.8) is 0 Å². The average molecular weight is 377 g/mol. The van der Waals surface area contributed by atoms with Gasteiger partial charge in [-0.25, -0.2) is 0 Å². The molecule has 3 atom stereocenters. The lowest BCUT2D eigenvalue weighted by Gasteiger charge is -2.35. The highest BCUT2D eigenvalue weighted by Crippen LogP contribution is 2.55. The van der Waals surface area contributed by atoms with E-state index < -0.39 is 6.10 Å². The summed E-state index contributed by atoms with van der Waals surface area (Å²) >= 11 is 0. The predicted octanol–water partition coefficient (Wildman–Crippen LogP) is 3.06. The van der Waals surface area contributed by atoms with E-state index in [0.29, 0.717) is 30.8 Å². The summed E-state index contributed by atoms with van der Waals surface area (Å²) in [6.45, 7) is 1.17. The molecule has 5 heteroatoms. The maximum Gasteiger partial charge on any atom is 0.254 e. The molecule has 0 bridgehead atoms. The smallest absolute Gasteiger partial charge is 0.254 e. The molecule has 2 heterocycles. The molecule has 2 aromatic carbocycles. The van der Waals surface area contributed by atoms with Gasteiger partial charge in [-0.2, -0.15) is 0 Å². The Balaban J connectivity index is 1.60. The molecule has 3 aliphatic rings. The van der Waals surface area contributed by atoms with Crippen LogP contribution in [-0.2, 0) is 12.0 Å². The SMILES string of the molecule is COc1ccc2c3c1O[C@H]1C[C@H](O)C=C[C@@]31CCN(C(=O)c1ccccc1)C2. The third-order valence-corrected chi connectivity index (χ3v) is 6.26. The van der Waals surface area contributed by atoms with Gasteiger partial charge in [-0.1, -0.05) is 36.4 Å². The van der Waals surface area contributed by atoms with Crippen LogP contribution in [0.15, 0.2) is 54.6 Å². The highest BCUT2D eigenvalue weighted by atomic mass is 16.5. The highest BCUT2D eigenvalue weighted by Gasteiger charge is 2.53. The fraction of sp³-hybridized carbons (Fsp3) is 0.348. The second-order valence-electron chi connectivity index (χ2n) is 7.78. The number of carbonyl (C=O) groups is 1. The Kier molecular flexibility index (Phi) is 3.95. The first-order valence-corrected chi connectivity index (χ1v) is 9.71. The number of benzene rings is 2. The van der Waals surface area contributed by atoms with E-state index in [1.165, 1.54) is 0 Å². The summed E-state index contributed by atoms with van der Waals surface area (Å²) in [4.78, 5) is 15.0. The molecule has 2 aliphatic heterocycles. The molecule has 1 N–H and O–H groups in total. The minimum absolute atomic E-state index is 0.0406.